The van der Waals surface area contributed by atoms with Crippen molar-refractivity contribution in [1.29, 1.82) is 0 Å². The van der Waals surface area contributed by atoms with Gasteiger partial charge in [-0.2, -0.15) is 0 Å². The molecule has 2 rings (SSSR count). The Kier molecular flexibility index (Phi) is 1.48. The van der Waals surface area contributed by atoms with Crippen LogP contribution in [-0.2, 0) is 0 Å². The van der Waals surface area contributed by atoms with Crippen molar-refractivity contribution in [1.82, 2.24) is 9.97 Å². The van der Waals surface area contributed by atoms with Crippen molar-refractivity contribution in [3.05, 3.63) is 24.5 Å². The number of rotatable bonds is 1. The molecule has 4 heteroatoms. The second-order valence-corrected chi connectivity index (χ2v) is 2.60. The Balaban J connectivity index is 2.73. The highest BCUT2D eigenvalue weighted by molar-refractivity contribution is 5.87. The molecule has 62 valence electrons. The van der Waals surface area contributed by atoms with Gasteiger partial charge in [0.1, 0.15) is 5.52 Å². The number of fused-ring (bicyclic) bond motifs is 1. The van der Waals surface area contributed by atoms with Crippen LogP contribution in [0.1, 0.15) is 0 Å². The molecule has 4 nitrogen and oxygen atoms in total. The fourth-order valence-electron chi connectivity index (χ4n) is 1.21. The van der Waals surface area contributed by atoms with E-state index in [4.69, 9.17) is 0 Å². The lowest BCUT2D eigenvalue weighted by Gasteiger charge is -2.09. The predicted molar refractivity (Wildman–Crippen MR) is 46.3 cm³/mol. The van der Waals surface area contributed by atoms with Gasteiger partial charge in [0.25, 0.3) is 0 Å². The van der Waals surface area contributed by atoms with Gasteiger partial charge < -0.3 is 4.98 Å². The molecular formula is C8H9N3O. The highest BCUT2D eigenvalue weighted by Crippen LogP contribution is 2.21. The largest absolute Gasteiger partial charge is 0.345 e. The molecule has 1 aromatic heterocycles. The van der Waals surface area contributed by atoms with Crippen LogP contribution in [0.25, 0.3) is 11.0 Å². The van der Waals surface area contributed by atoms with Crippen molar-refractivity contribution in [2.24, 2.45) is 0 Å². The van der Waals surface area contributed by atoms with Crippen molar-refractivity contribution >= 4 is 16.7 Å². The van der Waals surface area contributed by atoms with Gasteiger partial charge in [0, 0.05) is 7.05 Å². The second kappa shape index (κ2) is 2.49. The molecule has 0 aliphatic heterocycles. The SMILES string of the molecule is CN(O)c1cccc2[nH]cnc12. The normalized spacial score (nSPS) is 10.5. The summed E-state index contributed by atoms with van der Waals surface area (Å²) in [6.07, 6.45) is 1.61. The predicted octanol–water partition coefficient (Wildman–Crippen LogP) is 1.39. The molecule has 0 atom stereocenters. The number of imidazole rings is 1. The molecule has 0 aliphatic rings. The molecule has 2 N–H and O–H groups in total. The van der Waals surface area contributed by atoms with E-state index in [0.29, 0.717) is 5.69 Å². The third kappa shape index (κ3) is 0.931. The Morgan fingerprint density at radius 1 is 1.50 bits per heavy atom. The van der Waals surface area contributed by atoms with E-state index in [2.05, 4.69) is 9.97 Å². The molecule has 12 heavy (non-hydrogen) atoms. The van der Waals surface area contributed by atoms with Crippen LogP contribution in [-0.4, -0.2) is 22.2 Å². The topological polar surface area (TPSA) is 52.1 Å². The van der Waals surface area contributed by atoms with Crippen LogP contribution in [0.4, 0.5) is 5.69 Å². The quantitative estimate of drug-likeness (QED) is 0.624. The van der Waals surface area contributed by atoms with E-state index in [9.17, 15) is 5.21 Å². The third-order valence-electron chi connectivity index (χ3n) is 1.78. The fraction of sp³-hybridized carbons (Fsp3) is 0.125. The summed E-state index contributed by atoms with van der Waals surface area (Å²) in [7, 11) is 1.57. The molecule has 0 saturated carbocycles. The van der Waals surface area contributed by atoms with Gasteiger partial charge >= 0.3 is 0 Å². The molecule has 0 saturated heterocycles. The minimum Gasteiger partial charge on any atom is -0.345 e. The van der Waals surface area contributed by atoms with E-state index < -0.39 is 0 Å². The number of hydroxylamine groups is 1. The van der Waals surface area contributed by atoms with Crippen molar-refractivity contribution < 1.29 is 5.21 Å². The monoisotopic (exact) mass is 163 g/mol. The smallest absolute Gasteiger partial charge is 0.114 e. The summed E-state index contributed by atoms with van der Waals surface area (Å²) in [5.74, 6) is 0. The highest BCUT2D eigenvalue weighted by Gasteiger charge is 2.04. The third-order valence-corrected chi connectivity index (χ3v) is 1.78. The summed E-state index contributed by atoms with van der Waals surface area (Å²) >= 11 is 0. The van der Waals surface area contributed by atoms with Gasteiger partial charge in [-0.1, -0.05) is 6.07 Å². The first-order valence-electron chi connectivity index (χ1n) is 3.64. The van der Waals surface area contributed by atoms with Gasteiger partial charge in [0.2, 0.25) is 0 Å². The number of hydrogen-bond acceptors (Lipinski definition) is 3. The summed E-state index contributed by atoms with van der Waals surface area (Å²) < 4.78 is 0. The van der Waals surface area contributed by atoms with Crippen LogP contribution in [0.15, 0.2) is 24.5 Å². The number of nitrogens with zero attached hydrogens (tertiary/aromatic N) is 2. The summed E-state index contributed by atoms with van der Waals surface area (Å²) in [5, 5.41) is 10.3. The minimum atomic E-state index is 0.703. The molecule has 0 amide bonds. The Bertz CT molecular complexity index is 394. The summed E-state index contributed by atoms with van der Waals surface area (Å²) in [4.78, 5) is 7.05. The second-order valence-electron chi connectivity index (χ2n) is 2.60. The summed E-state index contributed by atoms with van der Waals surface area (Å²) in [5.41, 5.74) is 2.41. The zero-order valence-electron chi connectivity index (χ0n) is 6.65. The number of aromatic amines is 1. The summed E-state index contributed by atoms with van der Waals surface area (Å²) in [6, 6.07) is 5.58. The van der Waals surface area contributed by atoms with Crippen molar-refractivity contribution in [2.45, 2.75) is 0 Å². The standard InChI is InChI=1S/C8H9N3O/c1-11(12)7-4-2-3-6-8(7)10-5-9-6/h2-5,12H,1H3,(H,9,10). The number of para-hydroxylation sites is 1. The van der Waals surface area contributed by atoms with Crippen LogP contribution >= 0.6 is 0 Å². The lowest BCUT2D eigenvalue weighted by Crippen LogP contribution is -2.09. The maximum Gasteiger partial charge on any atom is 0.114 e. The minimum absolute atomic E-state index is 0.703. The van der Waals surface area contributed by atoms with E-state index >= 15 is 0 Å². The van der Waals surface area contributed by atoms with Gasteiger partial charge in [-0.15, -0.1) is 0 Å². The lowest BCUT2D eigenvalue weighted by molar-refractivity contribution is 0.280. The molecule has 0 radical (unpaired) electrons. The highest BCUT2D eigenvalue weighted by atomic mass is 16.5. The Morgan fingerprint density at radius 3 is 3.08 bits per heavy atom. The molecule has 1 aromatic carbocycles. The van der Waals surface area contributed by atoms with Crippen LogP contribution < -0.4 is 5.06 Å². The van der Waals surface area contributed by atoms with Crippen molar-refractivity contribution in [3.8, 4) is 0 Å². The molecule has 0 fully saturated rings. The average Bonchev–Trinajstić information content (AvgIpc) is 2.49. The maximum absolute atomic E-state index is 9.22. The Hall–Kier alpha value is -1.55. The molecule has 1 heterocycles. The fourth-order valence-corrected chi connectivity index (χ4v) is 1.21. The van der Waals surface area contributed by atoms with Gasteiger partial charge in [0.05, 0.1) is 17.5 Å². The summed E-state index contributed by atoms with van der Waals surface area (Å²) in [6.45, 7) is 0. The van der Waals surface area contributed by atoms with E-state index in [1.807, 2.05) is 18.2 Å². The van der Waals surface area contributed by atoms with Gasteiger partial charge in [0.15, 0.2) is 0 Å². The van der Waals surface area contributed by atoms with E-state index in [-0.39, 0.29) is 0 Å². The zero-order valence-corrected chi connectivity index (χ0v) is 6.65. The van der Waals surface area contributed by atoms with Crippen LogP contribution in [0.3, 0.4) is 0 Å². The zero-order chi connectivity index (χ0) is 8.55. The molecular weight excluding hydrogens is 154 g/mol. The number of hydrogen-bond donors (Lipinski definition) is 2. The molecule has 2 aromatic rings. The number of anilines is 1. The van der Waals surface area contributed by atoms with Gasteiger partial charge in [-0.05, 0) is 12.1 Å². The maximum atomic E-state index is 9.22. The van der Waals surface area contributed by atoms with Gasteiger partial charge in [-0.3, -0.25) is 10.3 Å². The number of aromatic nitrogens is 2. The van der Waals surface area contributed by atoms with E-state index in [0.717, 1.165) is 16.1 Å². The van der Waals surface area contributed by atoms with Crippen LogP contribution in [0.5, 0.6) is 0 Å². The molecule has 0 aliphatic carbocycles. The van der Waals surface area contributed by atoms with Crippen molar-refractivity contribution in [3.63, 3.8) is 0 Å². The number of benzene rings is 1. The Labute approximate surface area is 69.4 Å². The first kappa shape index (κ1) is 7.12. The van der Waals surface area contributed by atoms with Gasteiger partial charge in [-0.25, -0.2) is 4.98 Å². The lowest BCUT2D eigenvalue weighted by atomic mass is 10.2. The van der Waals surface area contributed by atoms with Crippen LogP contribution in [0, 0.1) is 0 Å². The van der Waals surface area contributed by atoms with Crippen molar-refractivity contribution in [2.75, 3.05) is 12.1 Å². The Morgan fingerprint density at radius 2 is 2.33 bits per heavy atom. The van der Waals surface area contributed by atoms with E-state index in [1.165, 1.54) is 0 Å². The average molecular weight is 163 g/mol. The first-order chi connectivity index (χ1) is 5.79. The number of nitrogens with one attached hydrogen (secondary N) is 1. The molecule has 0 bridgehead atoms. The van der Waals surface area contributed by atoms with E-state index in [1.54, 1.807) is 13.4 Å². The molecule has 0 spiro atoms. The number of H-pyrrole nitrogens is 1. The van der Waals surface area contributed by atoms with Crippen LogP contribution in [0.2, 0.25) is 0 Å². The first-order valence-corrected chi connectivity index (χ1v) is 3.64. The molecule has 0 unspecified atom stereocenters.